The molecule has 3 rings (SSSR count). The Morgan fingerprint density at radius 1 is 0.198 bits per heavy atom. The number of quaternary nitrogens is 3. The molecule has 0 spiro atoms. The van der Waals surface area contributed by atoms with Gasteiger partial charge in [0.25, 0.3) is 0 Å². The normalized spacial score (nSPS) is 11.4. The lowest BCUT2D eigenvalue weighted by Crippen LogP contribution is -3.00. The summed E-state index contributed by atoms with van der Waals surface area (Å²) in [5.74, 6) is 0. The summed E-state index contributed by atoms with van der Waals surface area (Å²) in [6, 6.07) is 32.8. The van der Waals surface area contributed by atoms with Crippen LogP contribution in [-0.2, 0) is 19.6 Å². The van der Waals surface area contributed by atoms with Crippen molar-refractivity contribution in [3.05, 3.63) is 108 Å². The molecule has 0 aromatic heterocycles. The van der Waals surface area contributed by atoms with Crippen molar-refractivity contribution in [3.8, 4) is 0 Å². The Labute approximate surface area is 527 Å². The van der Waals surface area contributed by atoms with Crippen LogP contribution in [-0.4, -0.2) is 75.4 Å². The molecule has 0 saturated carbocycles. The van der Waals surface area contributed by atoms with Gasteiger partial charge in [0.2, 0.25) is 0 Å². The van der Waals surface area contributed by atoms with Crippen LogP contribution >= 0.6 is 0 Å². The smallest absolute Gasteiger partial charge is 0.104 e. The average Bonchev–Trinajstić information content (AvgIpc) is 3.42. The molecule has 81 heavy (non-hydrogen) atoms. The minimum atomic E-state index is 0. The molecule has 0 heterocycles. The third-order valence-electron chi connectivity index (χ3n) is 16.7. The summed E-state index contributed by atoms with van der Waals surface area (Å²) in [5, 5.41) is 0. The van der Waals surface area contributed by atoms with Crippen molar-refractivity contribution in [2.45, 2.75) is 310 Å². The standard InChI is InChI=1S/C27H50N.C25H46N.C23H42N.3ClH/c1-4-5-6-7-8-9-10-11-12-13-14-15-16-17-18-22-25-28(2,3)26-27-23-20-19-21-24-27;1-4-5-6-7-8-9-10-11-12-13-14-15-16-20-23-26(2,3)24-25-21-18-17-19-22-25;1-4-5-6-7-8-9-10-11-12-13-14-18-21-24(2,3)22-23-19-16-15-17-20-23;;;/h19-21,23-24H,4-18,22,25-26H2,1-3H3;17-19,21-22H,4-16,20,23-24H2,1-3H3;15-17,19-20H,4-14,18,21-22H2,1-3H3;3*1H/q3*+1;;;/p-3. The fourth-order valence-electron chi connectivity index (χ4n) is 11.7. The van der Waals surface area contributed by atoms with Crippen molar-refractivity contribution in [1.82, 2.24) is 0 Å². The van der Waals surface area contributed by atoms with Crippen LogP contribution in [0.25, 0.3) is 0 Å². The fourth-order valence-corrected chi connectivity index (χ4v) is 11.7. The summed E-state index contributed by atoms with van der Waals surface area (Å²) < 4.78 is 3.34. The quantitative estimate of drug-likeness (QED) is 0.0390. The van der Waals surface area contributed by atoms with Crippen molar-refractivity contribution in [3.63, 3.8) is 0 Å². The molecule has 0 amide bonds. The third kappa shape index (κ3) is 58.6. The van der Waals surface area contributed by atoms with Crippen LogP contribution in [0.4, 0.5) is 0 Å². The topological polar surface area (TPSA) is 0 Å². The summed E-state index contributed by atoms with van der Waals surface area (Å²) in [6.45, 7) is 14.2. The van der Waals surface area contributed by atoms with Gasteiger partial charge in [0.1, 0.15) is 19.6 Å². The van der Waals surface area contributed by atoms with Crippen molar-refractivity contribution >= 4 is 0 Å². The monoisotopic (exact) mass is 1190 g/mol. The van der Waals surface area contributed by atoms with E-state index in [1.54, 1.807) is 0 Å². The van der Waals surface area contributed by atoms with E-state index in [0.29, 0.717) is 0 Å². The van der Waals surface area contributed by atoms with Crippen LogP contribution in [0.5, 0.6) is 0 Å². The van der Waals surface area contributed by atoms with Crippen LogP contribution in [0.3, 0.4) is 0 Å². The Bertz CT molecular complexity index is 1630. The second kappa shape index (κ2) is 60.1. The summed E-state index contributed by atoms with van der Waals surface area (Å²) >= 11 is 0. The highest BCUT2D eigenvalue weighted by atomic mass is 35.5. The first kappa shape index (κ1) is 83.6. The number of benzene rings is 3. The molecule has 0 saturated heterocycles. The molecule has 0 bridgehead atoms. The summed E-state index contributed by atoms with van der Waals surface area (Å²) in [4.78, 5) is 0. The number of hydrogen-bond donors (Lipinski definition) is 0. The third-order valence-corrected chi connectivity index (χ3v) is 16.7. The van der Waals surface area contributed by atoms with E-state index in [-0.39, 0.29) is 37.2 Å². The zero-order valence-electron chi connectivity index (χ0n) is 55.6. The van der Waals surface area contributed by atoms with E-state index in [4.69, 9.17) is 0 Å². The van der Waals surface area contributed by atoms with E-state index in [0.717, 1.165) is 33.1 Å². The van der Waals surface area contributed by atoms with Gasteiger partial charge in [0, 0.05) is 16.7 Å². The van der Waals surface area contributed by atoms with E-state index < -0.39 is 0 Å². The molecule has 3 aromatic rings. The van der Waals surface area contributed by atoms with Crippen LogP contribution in [0.15, 0.2) is 91.0 Å². The maximum Gasteiger partial charge on any atom is 0.104 e. The Balaban J connectivity index is -0.00000111. The Morgan fingerprint density at radius 3 is 0.481 bits per heavy atom. The molecule has 0 N–H and O–H groups in total. The van der Waals surface area contributed by atoms with Crippen LogP contribution < -0.4 is 37.2 Å². The second-order valence-electron chi connectivity index (χ2n) is 26.7. The van der Waals surface area contributed by atoms with Gasteiger partial charge in [0.15, 0.2) is 0 Å². The van der Waals surface area contributed by atoms with E-state index in [9.17, 15) is 0 Å². The zero-order chi connectivity index (χ0) is 56.8. The van der Waals surface area contributed by atoms with Gasteiger partial charge < -0.3 is 50.7 Å². The summed E-state index contributed by atoms with van der Waals surface area (Å²) in [7, 11) is 14.2. The molecule has 0 aliphatic carbocycles. The predicted octanol–water partition coefficient (Wildman–Crippen LogP) is 14.2. The summed E-state index contributed by atoms with van der Waals surface area (Å²) in [6.07, 6.45) is 60.5. The molecule has 3 aromatic carbocycles. The largest absolute Gasteiger partial charge is 1.00 e. The molecule has 474 valence electrons. The first-order valence-electron chi connectivity index (χ1n) is 34.5. The van der Waals surface area contributed by atoms with Gasteiger partial charge in [-0.2, -0.15) is 0 Å². The van der Waals surface area contributed by atoms with Gasteiger partial charge in [-0.25, -0.2) is 0 Å². The molecular formula is C75H138Cl3N3. The van der Waals surface area contributed by atoms with E-state index in [2.05, 4.69) is 154 Å². The highest BCUT2D eigenvalue weighted by Crippen LogP contribution is 2.19. The fraction of sp³-hybridized carbons (Fsp3) is 0.760. The van der Waals surface area contributed by atoms with E-state index >= 15 is 0 Å². The molecule has 0 radical (unpaired) electrons. The predicted molar refractivity (Wildman–Crippen MR) is 352 cm³/mol. The van der Waals surface area contributed by atoms with Crippen molar-refractivity contribution in [2.24, 2.45) is 0 Å². The lowest BCUT2D eigenvalue weighted by Gasteiger charge is -2.30. The van der Waals surface area contributed by atoms with Gasteiger partial charge in [-0.05, 0) is 38.5 Å². The first-order valence-corrected chi connectivity index (χ1v) is 34.5. The van der Waals surface area contributed by atoms with Crippen molar-refractivity contribution < 1.29 is 50.7 Å². The molecule has 0 aliphatic heterocycles. The maximum absolute atomic E-state index is 2.37. The number of nitrogens with zero attached hydrogens (tertiary/aromatic N) is 3. The number of unbranched alkanes of at least 4 members (excludes halogenated alkanes) is 39. The molecule has 6 heteroatoms. The Morgan fingerprint density at radius 2 is 0.333 bits per heavy atom. The van der Waals surface area contributed by atoms with E-state index in [1.165, 1.54) is 306 Å². The van der Waals surface area contributed by atoms with Crippen LogP contribution in [0.1, 0.15) is 307 Å². The Kier molecular flexibility index (Phi) is 62.1. The average molecular weight is 1190 g/mol. The molecule has 3 nitrogen and oxygen atoms in total. The van der Waals surface area contributed by atoms with Crippen LogP contribution in [0.2, 0.25) is 0 Å². The molecule has 0 aliphatic rings. The first-order chi connectivity index (χ1) is 37.9. The molecule has 0 fully saturated rings. The van der Waals surface area contributed by atoms with Gasteiger partial charge in [-0.3, -0.25) is 0 Å². The molecular weight excluding hydrogens is 1050 g/mol. The Hall–Kier alpha value is -1.59. The maximum atomic E-state index is 2.37. The number of rotatable bonds is 51. The van der Waals surface area contributed by atoms with Gasteiger partial charge >= 0.3 is 0 Å². The van der Waals surface area contributed by atoms with Crippen LogP contribution in [0, 0.1) is 0 Å². The second-order valence-corrected chi connectivity index (χ2v) is 26.7. The lowest BCUT2D eigenvalue weighted by molar-refractivity contribution is -0.903. The van der Waals surface area contributed by atoms with Gasteiger partial charge in [0.05, 0.1) is 61.9 Å². The number of hydrogen-bond acceptors (Lipinski definition) is 0. The minimum absolute atomic E-state index is 0. The molecule has 0 atom stereocenters. The van der Waals surface area contributed by atoms with Crippen molar-refractivity contribution in [1.29, 1.82) is 0 Å². The zero-order valence-corrected chi connectivity index (χ0v) is 57.8. The minimum Gasteiger partial charge on any atom is -1.00 e. The molecule has 0 unspecified atom stereocenters. The lowest BCUT2D eigenvalue weighted by atomic mass is 10.0. The van der Waals surface area contributed by atoms with Gasteiger partial charge in [-0.15, -0.1) is 0 Å². The SMILES string of the molecule is CCCCCCCCCCCCCCCCCC[N+](C)(C)Cc1ccccc1.CCCCCCCCCCCCCCCC[N+](C)(C)Cc1ccccc1.CCCCCCCCCCCCCC[N+](C)(C)Cc1ccccc1.[Cl-].[Cl-].[Cl-]. The van der Waals surface area contributed by atoms with Gasteiger partial charge in [-0.1, -0.05) is 343 Å². The van der Waals surface area contributed by atoms with E-state index in [1.807, 2.05) is 0 Å². The number of halogens is 3. The highest BCUT2D eigenvalue weighted by molar-refractivity contribution is 5.14. The van der Waals surface area contributed by atoms with Crippen molar-refractivity contribution in [2.75, 3.05) is 61.9 Å². The highest BCUT2D eigenvalue weighted by Gasteiger charge is 2.17. The summed E-state index contributed by atoms with van der Waals surface area (Å²) in [5.41, 5.74) is 4.38.